The molecule has 0 spiro atoms. The minimum absolute atomic E-state index is 0.0821. The van der Waals surface area contributed by atoms with Gasteiger partial charge in [0.2, 0.25) is 0 Å². The molecule has 1 atom stereocenters. The quantitative estimate of drug-likeness (QED) is 0.475. The van der Waals surface area contributed by atoms with Crippen LogP contribution in [0.1, 0.15) is 12.8 Å². The van der Waals surface area contributed by atoms with Gasteiger partial charge in [-0.2, -0.15) is 0 Å². The predicted molar refractivity (Wildman–Crippen MR) is 59.3 cm³/mol. The molecule has 1 saturated heterocycles. The van der Waals surface area contributed by atoms with E-state index in [0.29, 0.717) is 18.2 Å². The normalized spacial score (nSPS) is 22.8. The Labute approximate surface area is 90.0 Å². The minimum atomic E-state index is 0.0821. The van der Waals surface area contributed by atoms with Crippen LogP contribution >= 0.6 is 12.2 Å². The van der Waals surface area contributed by atoms with E-state index in [1.165, 1.54) is 0 Å². The third-order valence-electron chi connectivity index (χ3n) is 2.45. The van der Waals surface area contributed by atoms with E-state index in [0.717, 1.165) is 25.9 Å². The second-order valence-corrected chi connectivity index (χ2v) is 3.90. The molecule has 1 heterocycles. The average Bonchev–Trinajstić information content (AvgIpc) is 2.60. The maximum Gasteiger partial charge on any atom is 0.0902 e. The van der Waals surface area contributed by atoms with Crippen LogP contribution in [0.5, 0.6) is 0 Å². The Kier molecular flexibility index (Phi) is 5.32. The van der Waals surface area contributed by atoms with Crippen molar-refractivity contribution in [2.24, 2.45) is 5.73 Å². The second kappa shape index (κ2) is 6.29. The number of aliphatic hydroxyl groups excluding tert-OH is 1. The lowest BCUT2D eigenvalue weighted by Gasteiger charge is -2.22. The maximum atomic E-state index is 8.52. The van der Waals surface area contributed by atoms with E-state index in [1.807, 2.05) is 0 Å². The van der Waals surface area contributed by atoms with Crippen molar-refractivity contribution < 1.29 is 9.84 Å². The molecule has 1 unspecified atom stereocenters. The molecule has 1 rings (SSSR count). The molecule has 0 bridgehead atoms. The van der Waals surface area contributed by atoms with Crippen molar-refractivity contribution in [2.75, 3.05) is 32.9 Å². The molecule has 5 heteroatoms. The summed E-state index contributed by atoms with van der Waals surface area (Å²) in [6.45, 7) is 3.02. The molecule has 0 aromatic rings. The monoisotopic (exact) mass is 218 g/mol. The zero-order chi connectivity index (χ0) is 10.4. The zero-order valence-electron chi connectivity index (χ0n) is 8.32. The van der Waals surface area contributed by atoms with Crippen molar-refractivity contribution in [1.29, 1.82) is 0 Å². The largest absolute Gasteiger partial charge is 0.394 e. The van der Waals surface area contributed by atoms with Crippen LogP contribution in [0.4, 0.5) is 0 Å². The molecule has 0 aliphatic carbocycles. The van der Waals surface area contributed by atoms with Crippen molar-refractivity contribution in [2.45, 2.75) is 18.9 Å². The summed E-state index contributed by atoms with van der Waals surface area (Å²) < 4.78 is 5.20. The summed E-state index contributed by atoms with van der Waals surface area (Å²) in [6, 6.07) is 0.253. The van der Waals surface area contributed by atoms with E-state index in [-0.39, 0.29) is 12.6 Å². The molecule has 0 aromatic heterocycles. The van der Waals surface area contributed by atoms with Crippen molar-refractivity contribution >= 4 is 17.2 Å². The summed E-state index contributed by atoms with van der Waals surface area (Å²) in [4.78, 5) is 2.84. The molecule has 1 aliphatic rings. The van der Waals surface area contributed by atoms with Gasteiger partial charge in [-0.15, -0.1) is 0 Å². The number of hydrogen-bond acceptors (Lipinski definition) is 4. The van der Waals surface area contributed by atoms with Crippen molar-refractivity contribution in [1.82, 2.24) is 4.90 Å². The van der Waals surface area contributed by atoms with Crippen LogP contribution in [0.15, 0.2) is 0 Å². The zero-order valence-corrected chi connectivity index (χ0v) is 9.13. The van der Waals surface area contributed by atoms with Gasteiger partial charge in [0, 0.05) is 6.54 Å². The summed E-state index contributed by atoms with van der Waals surface area (Å²) >= 11 is 4.99. The fourth-order valence-corrected chi connectivity index (χ4v) is 2.03. The number of rotatable bonds is 6. The Morgan fingerprint density at radius 2 is 2.36 bits per heavy atom. The number of aliphatic hydroxyl groups is 1. The van der Waals surface area contributed by atoms with Gasteiger partial charge in [0.15, 0.2) is 0 Å². The van der Waals surface area contributed by atoms with Crippen molar-refractivity contribution in [3.05, 3.63) is 0 Å². The third kappa shape index (κ3) is 3.49. The number of ether oxygens (including phenoxy) is 1. The van der Waals surface area contributed by atoms with E-state index in [2.05, 4.69) is 4.90 Å². The summed E-state index contributed by atoms with van der Waals surface area (Å²) in [7, 11) is 0. The second-order valence-electron chi connectivity index (χ2n) is 3.43. The molecule has 1 aliphatic heterocycles. The molecule has 1 fully saturated rings. The first-order valence-corrected chi connectivity index (χ1v) is 5.38. The SMILES string of the molecule is NC(=S)C1CCCN1CCOCCO. The van der Waals surface area contributed by atoms with Crippen LogP contribution in [0.2, 0.25) is 0 Å². The number of nitrogens with two attached hydrogens (primary N) is 1. The molecule has 0 amide bonds. The van der Waals surface area contributed by atoms with Crippen LogP contribution in [-0.4, -0.2) is 53.9 Å². The highest BCUT2D eigenvalue weighted by Gasteiger charge is 2.25. The first kappa shape index (κ1) is 11.8. The standard InChI is InChI=1S/C9H18N2O2S/c10-9(14)8-2-1-3-11(8)4-6-13-7-5-12/h8,12H,1-7H2,(H2,10,14). The summed E-state index contributed by atoms with van der Waals surface area (Å²) in [5, 5.41) is 8.52. The smallest absolute Gasteiger partial charge is 0.0902 e. The average molecular weight is 218 g/mol. The van der Waals surface area contributed by atoms with Gasteiger partial charge in [-0.05, 0) is 19.4 Å². The van der Waals surface area contributed by atoms with E-state index in [1.54, 1.807) is 0 Å². The predicted octanol–water partition coefficient (Wildman–Crippen LogP) is -0.254. The Morgan fingerprint density at radius 1 is 1.57 bits per heavy atom. The highest BCUT2D eigenvalue weighted by atomic mass is 32.1. The molecule has 3 N–H and O–H groups in total. The number of nitrogens with zero attached hydrogens (tertiary/aromatic N) is 1. The van der Waals surface area contributed by atoms with E-state index in [9.17, 15) is 0 Å². The molecule has 0 saturated carbocycles. The van der Waals surface area contributed by atoms with Crippen molar-refractivity contribution in [3.8, 4) is 0 Å². The number of thiocarbonyl (C=S) groups is 1. The molecular weight excluding hydrogens is 200 g/mol. The van der Waals surface area contributed by atoms with Crippen LogP contribution in [-0.2, 0) is 4.74 Å². The van der Waals surface area contributed by atoms with Crippen molar-refractivity contribution in [3.63, 3.8) is 0 Å². The van der Waals surface area contributed by atoms with Crippen LogP contribution in [0, 0.1) is 0 Å². The van der Waals surface area contributed by atoms with Gasteiger partial charge in [-0.25, -0.2) is 0 Å². The number of likely N-dealkylation sites (tertiary alicyclic amines) is 1. The van der Waals surface area contributed by atoms with E-state index in [4.69, 9.17) is 27.8 Å². The summed E-state index contributed by atoms with van der Waals surface area (Å²) in [5.41, 5.74) is 5.63. The minimum Gasteiger partial charge on any atom is -0.394 e. The van der Waals surface area contributed by atoms with Gasteiger partial charge in [-0.1, -0.05) is 12.2 Å². The first-order chi connectivity index (χ1) is 6.75. The van der Waals surface area contributed by atoms with E-state index < -0.39 is 0 Å². The summed E-state index contributed by atoms with van der Waals surface area (Å²) in [6.07, 6.45) is 2.22. The van der Waals surface area contributed by atoms with Crippen LogP contribution in [0.25, 0.3) is 0 Å². The van der Waals surface area contributed by atoms with Gasteiger partial charge in [-0.3, -0.25) is 4.90 Å². The Hall–Kier alpha value is -0.230. The fourth-order valence-electron chi connectivity index (χ4n) is 1.76. The molecule has 0 radical (unpaired) electrons. The molecular formula is C9H18N2O2S. The molecule has 4 nitrogen and oxygen atoms in total. The lowest BCUT2D eigenvalue weighted by atomic mass is 10.2. The third-order valence-corrected chi connectivity index (χ3v) is 2.72. The van der Waals surface area contributed by atoms with Gasteiger partial charge in [0.1, 0.15) is 0 Å². The molecule has 14 heavy (non-hydrogen) atoms. The lowest BCUT2D eigenvalue weighted by molar-refractivity contribution is 0.0754. The van der Waals surface area contributed by atoms with E-state index >= 15 is 0 Å². The van der Waals surface area contributed by atoms with Gasteiger partial charge in [0.05, 0.1) is 30.9 Å². The van der Waals surface area contributed by atoms with Crippen LogP contribution < -0.4 is 5.73 Å². The maximum absolute atomic E-state index is 8.52. The highest BCUT2D eigenvalue weighted by Crippen LogP contribution is 2.16. The Bertz CT molecular complexity index is 190. The van der Waals surface area contributed by atoms with Gasteiger partial charge < -0.3 is 15.6 Å². The Morgan fingerprint density at radius 3 is 3.00 bits per heavy atom. The highest BCUT2D eigenvalue weighted by molar-refractivity contribution is 7.80. The summed E-state index contributed by atoms with van der Waals surface area (Å²) in [5.74, 6) is 0. The molecule has 0 aromatic carbocycles. The van der Waals surface area contributed by atoms with Gasteiger partial charge >= 0.3 is 0 Å². The molecule has 82 valence electrons. The Balaban J connectivity index is 2.19. The number of hydrogen-bond donors (Lipinski definition) is 2. The van der Waals surface area contributed by atoms with Gasteiger partial charge in [0.25, 0.3) is 0 Å². The fraction of sp³-hybridized carbons (Fsp3) is 0.889. The lowest BCUT2D eigenvalue weighted by Crippen LogP contribution is -2.40. The topological polar surface area (TPSA) is 58.7 Å². The van der Waals surface area contributed by atoms with Crippen LogP contribution in [0.3, 0.4) is 0 Å². The first-order valence-electron chi connectivity index (χ1n) is 4.97.